The van der Waals surface area contributed by atoms with Crippen molar-refractivity contribution in [1.82, 2.24) is 4.90 Å². The monoisotopic (exact) mass is 381 g/mol. The number of nitrogens with zero attached hydrogens (tertiary/aromatic N) is 1. The van der Waals surface area contributed by atoms with E-state index in [1.165, 1.54) is 5.56 Å². The first-order valence-corrected chi connectivity index (χ1v) is 8.65. The van der Waals surface area contributed by atoms with Gasteiger partial charge in [-0.25, -0.2) is 9.59 Å². The molecule has 0 saturated carbocycles. The molecule has 150 valence electrons. The van der Waals surface area contributed by atoms with Gasteiger partial charge >= 0.3 is 11.9 Å². The first-order chi connectivity index (χ1) is 12.7. The first kappa shape index (κ1) is 22.4. The summed E-state index contributed by atoms with van der Waals surface area (Å²) in [4.78, 5) is 32.3. The quantitative estimate of drug-likeness (QED) is 0.741. The van der Waals surface area contributed by atoms with E-state index in [4.69, 9.17) is 29.3 Å². The fraction of sp³-hybridized carbons (Fsp3) is 0.526. The van der Waals surface area contributed by atoms with E-state index in [1.807, 2.05) is 19.1 Å². The lowest BCUT2D eigenvalue weighted by molar-refractivity contribution is -0.159. The number of hydrogen-bond donors (Lipinski definition) is 2. The summed E-state index contributed by atoms with van der Waals surface area (Å²) in [5, 5.41) is 14.8. The minimum atomic E-state index is -1.82. The summed E-state index contributed by atoms with van der Waals surface area (Å²) in [7, 11) is 3.30. The van der Waals surface area contributed by atoms with Crippen molar-refractivity contribution in [2.45, 2.75) is 32.7 Å². The number of carboxylic acids is 2. The van der Waals surface area contributed by atoms with Crippen LogP contribution < -0.4 is 9.47 Å². The molecule has 0 spiro atoms. The second-order valence-corrected chi connectivity index (χ2v) is 6.33. The Bertz CT molecular complexity index is 662. The number of carbonyl (C=O) groups excluding carboxylic acids is 1. The van der Waals surface area contributed by atoms with E-state index >= 15 is 0 Å². The van der Waals surface area contributed by atoms with Crippen LogP contribution in [0.15, 0.2) is 18.2 Å². The third-order valence-corrected chi connectivity index (χ3v) is 4.77. The Hall–Kier alpha value is -2.61. The van der Waals surface area contributed by atoms with Gasteiger partial charge < -0.3 is 19.7 Å². The van der Waals surface area contributed by atoms with E-state index in [0.717, 1.165) is 31.0 Å². The van der Waals surface area contributed by atoms with Crippen molar-refractivity contribution in [2.75, 3.05) is 27.3 Å². The Labute approximate surface area is 158 Å². The molecule has 0 amide bonds. The topological polar surface area (TPSA) is 113 Å². The van der Waals surface area contributed by atoms with Crippen molar-refractivity contribution < 1.29 is 34.1 Å². The molecule has 1 aromatic carbocycles. The molecule has 8 nitrogen and oxygen atoms in total. The number of likely N-dealkylation sites (tertiary alicyclic amines) is 1. The number of benzene rings is 1. The standard InChI is InChI=1S/C17H25NO3.C2H2O4/c1-12-13(2)18(10-8-15(12)19)9-7-14-5-6-16(20-3)17(11-14)21-4;3-1(4)2(5)6/h5-6,11-13H,7-10H2,1-4H3;(H,3,4)(H,5,6). The van der Waals surface area contributed by atoms with Gasteiger partial charge in [-0.3, -0.25) is 9.69 Å². The minimum Gasteiger partial charge on any atom is -0.493 e. The van der Waals surface area contributed by atoms with Gasteiger partial charge in [0.15, 0.2) is 11.5 Å². The molecular weight excluding hydrogens is 354 g/mol. The van der Waals surface area contributed by atoms with Crippen molar-refractivity contribution in [3.63, 3.8) is 0 Å². The van der Waals surface area contributed by atoms with Crippen LogP contribution in [0.3, 0.4) is 0 Å². The van der Waals surface area contributed by atoms with Gasteiger partial charge in [-0.2, -0.15) is 0 Å². The lowest BCUT2D eigenvalue weighted by Crippen LogP contribution is -2.47. The molecule has 0 aliphatic carbocycles. The third-order valence-electron chi connectivity index (χ3n) is 4.77. The molecule has 2 atom stereocenters. The molecule has 1 saturated heterocycles. The molecule has 1 fully saturated rings. The Balaban J connectivity index is 0.000000527. The van der Waals surface area contributed by atoms with Gasteiger partial charge in [0.2, 0.25) is 0 Å². The van der Waals surface area contributed by atoms with Crippen LogP contribution in [0.2, 0.25) is 0 Å². The number of carbonyl (C=O) groups is 3. The molecule has 8 heteroatoms. The number of rotatable bonds is 5. The fourth-order valence-corrected chi connectivity index (χ4v) is 2.89. The summed E-state index contributed by atoms with van der Waals surface area (Å²) in [6, 6.07) is 6.37. The van der Waals surface area contributed by atoms with Crippen LogP contribution in [0.4, 0.5) is 0 Å². The largest absolute Gasteiger partial charge is 0.493 e. The normalized spacial score (nSPS) is 19.6. The van der Waals surface area contributed by atoms with Crippen molar-refractivity contribution in [2.24, 2.45) is 5.92 Å². The van der Waals surface area contributed by atoms with Gasteiger partial charge in [0.25, 0.3) is 0 Å². The maximum Gasteiger partial charge on any atom is 0.414 e. The maximum absolute atomic E-state index is 11.7. The Morgan fingerprint density at radius 2 is 1.70 bits per heavy atom. The highest BCUT2D eigenvalue weighted by atomic mass is 16.5. The van der Waals surface area contributed by atoms with Crippen LogP contribution in [0.25, 0.3) is 0 Å². The summed E-state index contributed by atoms with van der Waals surface area (Å²) < 4.78 is 10.6. The van der Waals surface area contributed by atoms with Gasteiger partial charge in [-0.15, -0.1) is 0 Å². The molecule has 0 bridgehead atoms. The summed E-state index contributed by atoms with van der Waals surface area (Å²) in [6.45, 7) is 6.03. The lowest BCUT2D eigenvalue weighted by Gasteiger charge is -2.37. The van der Waals surface area contributed by atoms with Crippen molar-refractivity contribution in [1.29, 1.82) is 0 Å². The molecule has 2 unspecified atom stereocenters. The zero-order chi connectivity index (χ0) is 20.6. The average molecular weight is 381 g/mol. The number of methoxy groups -OCH3 is 2. The number of hydrogen-bond acceptors (Lipinski definition) is 6. The Morgan fingerprint density at radius 1 is 1.11 bits per heavy atom. The zero-order valence-electron chi connectivity index (χ0n) is 16.1. The highest BCUT2D eigenvalue weighted by molar-refractivity contribution is 6.27. The van der Waals surface area contributed by atoms with Gasteiger partial charge in [0.05, 0.1) is 14.2 Å². The van der Waals surface area contributed by atoms with E-state index in [2.05, 4.69) is 17.9 Å². The van der Waals surface area contributed by atoms with Gasteiger partial charge in [-0.1, -0.05) is 13.0 Å². The number of carboxylic acid groups (broad SMARTS) is 2. The predicted molar refractivity (Wildman–Crippen MR) is 98.3 cm³/mol. The van der Waals surface area contributed by atoms with E-state index < -0.39 is 11.9 Å². The van der Waals surface area contributed by atoms with Crippen LogP contribution in [0.1, 0.15) is 25.8 Å². The van der Waals surface area contributed by atoms with Crippen LogP contribution in [-0.2, 0) is 20.8 Å². The van der Waals surface area contributed by atoms with Gasteiger partial charge in [0, 0.05) is 31.5 Å². The van der Waals surface area contributed by atoms with E-state index in [1.54, 1.807) is 14.2 Å². The number of aliphatic carboxylic acids is 2. The second-order valence-electron chi connectivity index (χ2n) is 6.33. The van der Waals surface area contributed by atoms with E-state index in [-0.39, 0.29) is 5.92 Å². The number of piperidine rings is 1. The minimum absolute atomic E-state index is 0.143. The number of ketones is 1. The van der Waals surface area contributed by atoms with Crippen LogP contribution in [0, 0.1) is 5.92 Å². The summed E-state index contributed by atoms with van der Waals surface area (Å²) >= 11 is 0. The van der Waals surface area contributed by atoms with Crippen LogP contribution in [-0.4, -0.2) is 66.2 Å². The molecule has 2 N–H and O–H groups in total. The fourth-order valence-electron chi connectivity index (χ4n) is 2.89. The molecule has 2 rings (SSSR count). The second kappa shape index (κ2) is 10.5. The highest BCUT2D eigenvalue weighted by Gasteiger charge is 2.30. The molecule has 1 aliphatic rings. The smallest absolute Gasteiger partial charge is 0.414 e. The lowest BCUT2D eigenvalue weighted by atomic mass is 9.90. The molecular formula is C19H27NO7. The van der Waals surface area contributed by atoms with Gasteiger partial charge in [-0.05, 0) is 31.0 Å². The maximum atomic E-state index is 11.7. The van der Waals surface area contributed by atoms with Crippen molar-refractivity contribution >= 4 is 17.7 Å². The third kappa shape index (κ3) is 6.56. The Morgan fingerprint density at radius 3 is 2.22 bits per heavy atom. The van der Waals surface area contributed by atoms with Crippen LogP contribution in [0.5, 0.6) is 11.5 Å². The summed E-state index contributed by atoms with van der Waals surface area (Å²) in [6.07, 6.45) is 1.63. The number of ether oxygens (including phenoxy) is 2. The predicted octanol–water partition coefficient (Wildman–Crippen LogP) is 1.70. The molecule has 1 aromatic rings. The molecule has 0 radical (unpaired) electrons. The van der Waals surface area contributed by atoms with Crippen LogP contribution >= 0.6 is 0 Å². The molecule has 1 aliphatic heterocycles. The SMILES string of the molecule is COc1ccc(CCN2CCC(=O)C(C)C2C)cc1OC.O=C(O)C(=O)O. The van der Waals surface area contributed by atoms with Crippen molar-refractivity contribution in [3.05, 3.63) is 23.8 Å². The molecule has 1 heterocycles. The highest BCUT2D eigenvalue weighted by Crippen LogP contribution is 2.28. The van der Waals surface area contributed by atoms with E-state index in [9.17, 15) is 4.79 Å². The molecule has 27 heavy (non-hydrogen) atoms. The Kier molecular flexibility index (Phi) is 8.74. The number of Topliss-reactive ketones (excluding diaryl/α,β-unsaturated/α-hetero) is 1. The van der Waals surface area contributed by atoms with Gasteiger partial charge in [0.1, 0.15) is 5.78 Å². The average Bonchev–Trinajstić information content (AvgIpc) is 2.65. The first-order valence-electron chi connectivity index (χ1n) is 8.65. The molecule has 0 aromatic heterocycles. The zero-order valence-corrected chi connectivity index (χ0v) is 16.1. The van der Waals surface area contributed by atoms with Crippen molar-refractivity contribution in [3.8, 4) is 11.5 Å². The van der Waals surface area contributed by atoms with E-state index in [0.29, 0.717) is 18.2 Å². The summed E-state index contributed by atoms with van der Waals surface area (Å²) in [5.41, 5.74) is 1.23. The summed E-state index contributed by atoms with van der Waals surface area (Å²) in [5.74, 6) is -1.59.